The van der Waals surface area contributed by atoms with Crippen LogP contribution in [0.5, 0.6) is 0 Å². The summed E-state index contributed by atoms with van der Waals surface area (Å²) < 4.78 is 5.65. The van der Waals surface area contributed by atoms with E-state index in [1.807, 2.05) is 43.3 Å². The fourth-order valence-electron chi connectivity index (χ4n) is 3.59. The van der Waals surface area contributed by atoms with Crippen molar-refractivity contribution in [3.8, 4) is 0 Å². The number of nitrogens with zero attached hydrogens (tertiary/aromatic N) is 1. The van der Waals surface area contributed by atoms with Crippen LogP contribution >= 0.6 is 0 Å². The molecule has 0 aromatic heterocycles. The molecule has 1 heterocycles. The molecule has 0 spiro atoms. The molecular weight excluding hydrogens is 368 g/mol. The minimum Gasteiger partial charge on any atom is -0.457 e. The molecule has 29 heavy (non-hydrogen) atoms. The SMILES string of the molecule is CCC(OC(=O)CN1CCC[C@H]1C(=O)NC(=O)c1ccccc1)c1ccccc1. The first-order chi connectivity index (χ1) is 14.1. The van der Waals surface area contributed by atoms with Gasteiger partial charge in [-0.05, 0) is 43.5 Å². The minimum atomic E-state index is -0.507. The van der Waals surface area contributed by atoms with E-state index in [0.29, 0.717) is 24.9 Å². The lowest BCUT2D eigenvalue weighted by atomic mass is 10.1. The van der Waals surface area contributed by atoms with Gasteiger partial charge in [0.15, 0.2) is 0 Å². The molecular formula is C23H26N2O4. The van der Waals surface area contributed by atoms with Crippen LogP contribution in [0.3, 0.4) is 0 Å². The fraction of sp³-hybridized carbons (Fsp3) is 0.348. The molecule has 1 aliphatic rings. The molecule has 3 rings (SSSR count). The Morgan fingerprint density at radius 3 is 2.38 bits per heavy atom. The Balaban J connectivity index is 1.56. The largest absolute Gasteiger partial charge is 0.457 e. The minimum absolute atomic E-state index is 0.0287. The Labute approximate surface area is 170 Å². The number of carbonyl (C=O) groups excluding carboxylic acids is 3. The summed E-state index contributed by atoms with van der Waals surface area (Å²) in [5, 5.41) is 2.45. The van der Waals surface area contributed by atoms with Crippen LogP contribution in [0.4, 0.5) is 0 Å². The number of hydrogen-bond donors (Lipinski definition) is 1. The second-order valence-corrected chi connectivity index (χ2v) is 7.11. The average Bonchev–Trinajstić information content (AvgIpc) is 3.21. The zero-order chi connectivity index (χ0) is 20.6. The number of nitrogens with one attached hydrogen (secondary N) is 1. The van der Waals surface area contributed by atoms with E-state index in [4.69, 9.17) is 4.74 Å². The number of carbonyl (C=O) groups is 3. The molecule has 152 valence electrons. The standard InChI is InChI=1S/C23H26N2O4/c1-2-20(17-10-5-3-6-11-17)29-21(26)16-25-15-9-14-19(25)23(28)24-22(27)18-12-7-4-8-13-18/h3-8,10-13,19-20H,2,9,14-16H2,1H3,(H,24,27,28)/t19-,20?/m0/s1. The highest BCUT2D eigenvalue weighted by Gasteiger charge is 2.33. The van der Waals surface area contributed by atoms with Gasteiger partial charge in [-0.3, -0.25) is 24.6 Å². The maximum atomic E-state index is 12.6. The monoisotopic (exact) mass is 394 g/mol. The fourth-order valence-corrected chi connectivity index (χ4v) is 3.59. The number of benzene rings is 2. The molecule has 0 aliphatic carbocycles. The second kappa shape index (κ2) is 9.98. The average molecular weight is 394 g/mol. The molecule has 2 amide bonds. The highest BCUT2D eigenvalue weighted by Crippen LogP contribution is 2.22. The highest BCUT2D eigenvalue weighted by molar-refractivity contribution is 6.06. The van der Waals surface area contributed by atoms with Gasteiger partial charge < -0.3 is 4.74 Å². The van der Waals surface area contributed by atoms with E-state index in [2.05, 4.69) is 5.32 Å². The second-order valence-electron chi connectivity index (χ2n) is 7.11. The van der Waals surface area contributed by atoms with Gasteiger partial charge >= 0.3 is 5.97 Å². The predicted octanol–water partition coefficient (Wildman–Crippen LogP) is 3.10. The lowest BCUT2D eigenvalue weighted by Crippen LogP contribution is -2.47. The summed E-state index contributed by atoms with van der Waals surface area (Å²) in [6, 6.07) is 17.7. The van der Waals surface area contributed by atoms with Crippen LogP contribution in [0.25, 0.3) is 0 Å². The topological polar surface area (TPSA) is 75.7 Å². The molecule has 1 unspecified atom stereocenters. The summed E-state index contributed by atoms with van der Waals surface area (Å²) in [4.78, 5) is 39.1. The van der Waals surface area contributed by atoms with Gasteiger partial charge in [-0.15, -0.1) is 0 Å². The van der Waals surface area contributed by atoms with Crippen LogP contribution in [0.15, 0.2) is 60.7 Å². The van der Waals surface area contributed by atoms with Crippen molar-refractivity contribution < 1.29 is 19.1 Å². The number of ether oxygens (including phenoxy) is 1. The van der Waals surface area contributed by atoms with Crippen molar-refractivity contribution in [2.45, 2.75) is 38.3 Å². The van der Waals surface area contributed by atoms with Gasteiger partial charge in [0.2, 0.25) is 5.91 Å². The highest BCUT2D eigenvalue weighted by atomic mass is 16.5. The van der Waals surface area contributed by atoms with Crippen molar-refractivity contribution in [2.24, 2.45) is 0 Å². The number of imide groups is 1. The lowest BCUT2D eigenvalue weighted by molar-refractivity contribution is -0.151. The Kier molecular flexibility index (Phi) is 7.14. The number of likely N-dealkylation sites (tertiary alicyclic amines) is 1. The van der Waals surface area contributed by atoms with E-state index in [-0.39, 0.29) is 24.5 Å². The van der Waals surface area contributed by atoms with Crippen LogP contribution in [-0.2, 0) is 14.3 Å². The third-order valence-electron chi connectivity index (χ3n) is 5.09. The summed E-state index contributed by atoms with van der Waals surface area (Å²) in [6.45, 7) is 2.61. The molecule has 1 saturated heterocycles. The molecule has 2 atom stereocenters. The van der Waals surface area contributed by atoms with Crippen LogP contribution in [0.1, 0.15) is 48.2 Å². The Morgan fingerprint density at radius 2 is 1.72 bits per heavy atom. The number of esters is 1. The summed E-state index contributed by atoms with van der Waals surface area (Å²) in [5.41, 5.74) is 1.38. The number of amides is 2. The molecule has 2 aromatic carbocycles. The normalized spacial score (nSPS) is 17.5. The number of hydrogen-bond acceptors (Lipinski definition) is 5. The maximum Gasteiger partial charge on any atom is 0.320 e. The van der Waals surface area contributed by atoms with Gasteiger partial charge in [-0.1, -0.05) is 55.5 Å². The van der Waals surface area contributed by atoms with Gasteiger partial charge in [0.05, 0.1) is 12.6 Å². The molecule has 1 aliphatic heterocycles. The third kappa shape index (κ3) is 5.51. The smallest absolute Gasteiger partial charge is 0.320 e. The zero-order valence-corrected chi connectivity index (χ0v) is 16.5. The quantitative estimate of drug-likeness (QED) is 0.577. The molecule has 1 fully saturated rings. The third-order valence-corrected chi connectivity index (χ3v) is 5.09. The first kappa shape index (κ1) is 20.7. The predicted molar refractivity (Wildman–Crippen MR) is 109 cm³/mol. The Bertz CT molecular complexity index is 838. The van der Waals surface area contributed by atoms with E-state index in [9.17, 15) is 14.4 Å². The summed E-state index contributed by atoms with van der Waals surface area (Å²) in [7, 11) is 0. The van der Waals surface area contributed by atoms with Crippen LogP contribution in [0.2, 0.25) is 0 Å². The van der Waals surface area contributed by atoms with Gasteiger partial charge in [-0.2, -0.15) is 0 Å². The van der Waals surface area contributed by atoms with Crippen LogP contribution in [0, 0.1) is 0 Å². The summed E-state index contributed by atoms with van der Waals surface area (Å²) in [5.74, 6) is -1.17. The molecule has 0 saturated carbocycles. The summed E-state index contributed by atoms with van der Waals surface area (Å²) in [6.07, 6.45) is 1.77. The van der Waals surface area contributed by atoms with Crippen molar-refractivity contribution in [1.29, 1.82) is 0 Å². The van der Waals surface area contributed by atoms with Crippen molar-refractivity contribution in [3.05, 3.63) is 71.8 Å². The Morgan fingerprint density at radius 1 is 1.07 bits per heavy atom. The van der Waals surface area contributed by atoms with Gasteiger partial charge in [-0.25, -0.2) is 0 Å². The Hall–Kier alpha value is -2.99. The van der Waals surface area contributed by atoms with Crippen molar-refractivity contribution in [3.63, 3.8) is 0 Å². The molecule has 0 radical (unpaired) electrons. The van der Waals surface area contributed by atoms with Crippen LogP contribution in [-0.4, -0.2) is 41.8 Å². The molecule has 6 nitrogen and oxygen atoms in total. The number of rotatable bonds is 7. The van der Waals surface area contributed by atoms with Gasteiger partial charge in [0.25, 0.3) is 5.91 Å². The molecule has 1 N–H and O–H groups in total. The van der Waals surface area contributed by atoms with E-state index in [0.717, 1.165) is 12.0 Å². The lowest BCUT2D eigenvalue weighted by Gasteiger charge is -2.24. The van der Waals surface area contributed by atoms with Crippen LogP contribution < -0.4 is 5.32 Å². The molecule has 2 aromatic rings. The molecule has 0 bridgehead atoms. The van der Waals surface area contributed by atoms with E-state index >= 15 is 0 Å². The van der Waals surface area contributed by atoms with E-state index < -0.39 is 11.9 Å². The first-order valence-electron chi connectivity index (χ1n) is 9.97. The summed E-state index contributed by atoms with van der Waals surface area (Å²) >= 11 is 0. The molecule has 6 heteroatoms. The zero-order valence-electron chi connectivity index (χ0n) is 16.5. The van der Waals surface area contributed by atoms with E-state index in [1.165, 1.54) is 0 Å². The van der Waals surface area contributed by atoms with Crippen molar-refractivity contribution in [2.75, 3.05) is 13.1 Å². The first-order valence-corrected chi connectivity index (χ1v) is 9.97. The van der Waals surface area contributed by atoms with Crippen molar-refractivity contribution in [1.82, 2.24) is 10.2 Å². The van der Waals surface area contributed by atoms with Gasteiger partial charge in [0, 0.05) is 5.56 Å². The van der Waals surface area contributed by atoms with E-state index in [1.54, 1.807) is 29.2 Å². The van der Waals surface area contributed by atoms with Gasteiger partial charge in [0.1, 0.15) is 6.10 Å². The maximum absolute atomic E-state index is 12.6. The van der Waals surface area contributed by atoms with Crippen molar-refractivity contribution >= 4 is 17.8 Å².